The van der Waals surface area contributed by atoms with E-state index < -0.39 is 22.2 Å². The Morgan fingerprint density at radius 2 is 1.61 bits per heavy atom. The summed E-state index contributed by atoms with van der Waals surface area (Å²) in [5, 5.41) is 3.72. The van der Waals surface area contributed by atoms with Gasteiger partial charge < -0.3 is 4.18 Å². The number of aromatic nitrogens is 2. The largest absolute Gasteiger partial charge is 0.435 e. The first-order chi connectivity index (χ1) is 15.6. The van der Waals surface area contributed by atoms with Crippen LogP contribution in [-0.2, 0) is 16.5 Å². The van der Waals surface area contributed by atoms with E-state index >= 15 is 0 Å². The molecule has 4 rings (SSSR count). The first kappa shape index (κ1) is 22.4. The van der Waals surface area contributed by atoms with Gasteiger partial charge in [0.2, 0.25) is 0 Å². The zero-order valence-electron chi connectivity index (χ0n) is 17.2. The standard InChI is InChI=1S/C23H18F3N3O3S/c1-16-6-5-9-20(14-16)32-33(30,31)28-18-12-10-17(11-13-18)21-15-22(23(24,25)26)27-29(21)19-7-3-2-4-8-19/h2-15,28H,1H3. The molecule has 0 radical (unpaired) electrons. The second kappa shape index (κ2) is 8.62. The van der Waals surface area contributed by atoms with Gasteiger partial charge in [0, 0.05) is 5.56 Å². The minimum atomic E-state index is -4.61. The highest BCUT2D eigenvalue weighted by atomic mass is 32.2. The van der Waals surface area contributed by atoms with Crippen molar-refractivity contribution in [3.63, 3.8) is 0 Å². The molecule has 4 aromatic rings. The van der Waals surface area contributed by atoms with Crippen LogP contribution in [0.3, 0.4) is 0 Å². The Morgan fingerprint density at radius 1 is 0.909 bits per heavy atom. The third-order valence-corrected chi connectivity index (χ3v) is 5.52. The Morgan fingerprint density at radius 3 is 2.24 bits per heavy atom. The number of anilines is 1. The highest BCUT2D eigenvalue weighted by Gasteiger charge is 2.35. The zero-order chi connectivity index (χ0) is 23.6. The van der Waals surface area contributed by atoms with Crippen molar-refractivity contribution in [1.82, 2.24) is 9.78 Å². The minimum Gasteiger partial charge on any atom is -0.367 e. The molecule has 0 fully saturated rings. The molecule has 0 aliphatic heterocycles. The van der Waals surface area contributed by atoms with Crippen molar-refractivity contribution in [2.45, 2.75) is 13.1 Å². The van der Waals surface area contributed by atoms with Crippen LogP contribution in [0.4, 0.5) is 18.9 Å². The van der Waals surface area contributed by atoms with Crippen LogP contribution >= 0.6 is 0 Å². The fourth-order valence-corrected chi connectivity index (χ4v) is 3.98. The number of nitrogens with one attached hydrogen (secondary N) is 1. The van der Waals surface area contributed by atoms with Gasteiger partial charge in [-0.25, -0.2) is 4.68 Å². The lowest BCUT2D eigenvalue weighted by atomic mass is 10.1. The lowest BCUT2D eigenvalue weighted by Crippen LogP contribution is -2.19. The maximum absolute atomic E-state index is 13.3. The second-order valence-corrected chi connectivity index (χ2v) is 8.47. The zero-order valence-corrected chi connectivity index (χ0v) is 18.1. The van der Waals surface area contributed by atoms with Crippen molar-refractivity contribution in [1.29, 1.82) is 0 Å². The topological polar surface area (TPSA) is 73.2 Å². The molecule has 0 saturated carbocycles. The summed E-state index contributed by atoms with van der Waals surface area (Å²) in [5.74, 6) is 0.158. The van der Waals surface area contributed by atoms with Crippen molar-refractivity contribution >= 4 is 16.0 Å². The van der Waals surface area contributed by atoms with Crippen LogP contribution in [0.25, 0.3) is 16.9 Å². The van der Waals surface area contributed by atoms with Crippen LogP contribution < -0.4 is 8.91 Å². The highest BCUT2D eigenvalue weighted by molar-refractivity contribution is 7.88. The first-order valence-corrected chi connectivity index (χ1v) is 11.1. The van der Waals surface area contributed by atoms with Gasteiger partial charge in [-0.1, -0.05) is 42.5 Å². The molecule has 1 aromatic heterocycles. The van der Waals surface area contributed by atoms with Gasteiger partial charge in [-0.2, -0.15) is 26.7 Å². The third-order valence-electron chi connectivity index (χ3n) is 4.62. The number of hydrogen-bond acceptors (Lipinski definition) is 4. The number of benzene rings is 3. The summed E-state index contributed by atoms with van der Waals surface area (Å²) in [7, 11) is -4.16. The maximum Gasteiger partial charge on any atom is 0.435 e. The Bertz CT molecular complexity index is 1370. The Kier molecular flexibility index (Phi) is 5.86. The van der Waals surface area contributed by atoms with Crippen LogP contribution in [0, 0.1) is 6.92 Å². The fraction of sp³-hybridized carbons (Fsp3) is 0.0870. The van der Waals surface area contributed by atoms with Crippen molar-refractivity contribution in [3.05, 3.63) is 96.2 Å². The number of halogens is 3. The number of alkyl halides is 3. The van der Waals surface area contributed by atoms with E-state index in [1.54, 1.807) is 55.5 Å². The van der Waals surface area contributed by atoms with E-state index in [0.29, 0.717) is 11.3 Å². The Hall–Kier alpha value is -3.79. The molecular weight excluding hydrogens is 455 g/mol. The van der Waals surface area contributed by atoms with Gasteiger partial charge in [0.1, 0.15) is 5.75 Å². The lowest BCUT2D eigenvalue weighted by molar-refractivity contribution is -0.141. The molecule has 1 heterocycles. The van der Waals surface area contributed by atoms with E-state index in [4.69, 9.17) is 4.18 Å². The van der Waals surface area contributed by atoms with Gasteiger partial charge in [0.05, 0.1) is 17.1 Å². The summed E-state index contributed by atoms with van der Waals surface area (Å²) in [6.45, 7) is 1.80. The summed E-state index contributed by atoms with van der Waals surface area (Å²) in [6.07, 6.45) is -4.61. The molecule has 0 unspecified atom stereocenters. The van der Waals surface area contributed by atoms with Gasteiger partial charge in [-0.15, -0.1) is 0 Å². The molecule has 170 valence electrons. The SMILES string of the molecule is Cc1cccc(OS(=O)(=O)Nc2ccc(-c3cc(C(F)(F)F)nn3-c3ccccc3)cc2)c1. The van der Waals surface area contributed by atoms with Gasteiger partial charge in [0.25, 0.3) is 0 Å². The molecule has 3 aromatic carbocycles. The van der Waals surface area contributed by atoms with E-state index in [-0.39, 0.29) is 17.1 Å². The summed E-state index contributed by atoms with van der Waals surface area (Å²) in [6, 6.07) is 21.8. The molecular formula is C23H18F3N3O3S. The molecule has 0 atom stereocenters. The molecule has 0 aliphatic rings. The summed E-state index contributed by atoms with van der Waals surface area (Å²) in [5.41, 5.74) is 1.08. The molecule has 6 nitrogen and oxygen atoms in total. The quantitative estimate of drug-likeness (QED) is 0.396. The van der Waals surface area contributed by atoms with Crippen LogP contribution in [0.5, 0.6) is 5.75 Å². The molecule has 1 N–H and O–H groups in total. The highest BCUT2D eigenvalue weighted by Crippen LogP contribution is 2.33. The number of hydrogen-bond donors (Lipinski definition) is 1. The van der Waals surface area contributed by atoms with Gasteiger partial charge in [-0.3, -0.25) is 4.72 Å². The summed E-state index contributed by atoms with van der Waals surface area (Å²) < 4.78 is 73.1. The average Bonchev–Trinajstić information content (AvgIpc) is 3.20. The summed E-state index contributed by atoms with van der Waals surface area (Å²) in [4.78, 5) is 0. The van der Waals surface area contributed by atoms with Gasteiger partial charge >= 0.3 is 16.5 Å². The average molecular weight is 473 g/mol. The third kappa shape index (κ3) is 5.35. The fourth-order valence-electron chi connectivity index (χ4n) is 3.16. The van der Waals surface area contributed by atoms with Crippen molar-refractivity contribution in [3.8, 4) is 22.7 Å². The number of aryl methyl sites for hydroxylation is 1. The van der Waals surface area contributed by atoms with Crippen LogP contribution in [0.1, 0.15) is 11.3 Å². The number of para-hydroxylation sites is 1. The van der Waals surface area contributed by atoms with E-state index in [0.717, 1.165) is 11.6 Å². The Labute approximate surface area is 188 Å². The van der Waals surface area contributed by atoms with Crippen LogP contribution in [0.2, 0.25) is 0 Å². The normalized spacial score (nSPS) is 11.9. The smallest absolute Gasteiger partial charge is 0.367 e. The number of nitrogens with zero attached hydrogens (tertiary/aromatic N) is 2. The molecule has 0 aliphatic carbocycles. The second-order valence-electron chi connectivity index (χ2n) is 7.19. The molecule has 10 heteroatoms. The monoisotopic (exact) mass is 473 g/mol. The van der Waals surface area contributed by atoms with E-state index in [1.165, 1.54) is 35.0 Å². The predicted molar refractivity (Wildman–Crippen MR) is 118 cm³/mol. The molecule has 0 spiro atoms. The molecule has 0 saturated heterocycles. The van der Waals surface area contributed by atoms with Gasteiger partial charge in [-0.05, 0) is 55.0 Å². The molecule has 33 heavy (non-hydrogen) atoms. The Balaban J connectivity index is 1.61. The van der Waals surface area contributed by atoms with E-state index in [2.05, 4.69) is 9.82 Å². The summed E-state index contributed by atoms with van der Waals surface area (Å²) >= 11 is 0. The van der Waals surface area contributed by atoms with Crippen molar-refractivity contribution in [2.24, 2.45) is 0 Å². The van der Waals surface area contributed by atoms with E-state index in [1.807, 2.05) is 0 Å². The molecule has 0 amide bonds. The van der Waals surface area contributed by atoms with Crippen LogP contribution in [0.15, 0.2) is 84.9 Å². The van der Waals surface area contributed by atoms with Crippen molar-refractivity contribution < 1.29 is 25.8 Å². The first-order valence-electron chi connectivity index (χ1n) is 9.73. The minimum absolute atomic E-state index is 0.158. The maximum atomic E-state index is 13.3. The number of rotatable bonds is 6. The lowest BCUT2D eigenvalue weighted by Gasteiger charge is -2.11. The van der Waals surface area contributed by atoms with Crippen LogP contribution in [-0.4, -0.2) is 18.2 Å². The van der Waals surface area contributed by atoms with E-state index in [9.17, 15) is 21.6 Å². The molecule has 0 bridgehead atoms. The predicted octanol–water partition coefficient (Wildman–Crippen LogP) is 5.60. The van der Waals surface area contributed by atoms with Gasteiger partial charge in [0.15, 0.2) is 5.69 Å². The van der Waals surface area contributed by atoms with Crippen molar-refractivity contribution in [2.75, 3.05) is 4.72 Å².